The molecule has 1 aromatic rings. The maximum absolute atomic E-state index is 12.4. The molecule has 0 aliphatic rings. The van der Waals surface area contributed by atoms with Crippen LogP contribution in [0.5, 0.6) is 0 Å². The Morgan fingerprint density at radius 1 is 0.765 bits per heavy atom. The molecule has 0 bridgehead atoms. The molecule has 1 N–H and O–H groups in total. The van der Waals surface area contributed by atoms with Gasteiger partial charge in [-0.3, -0.25) is 4.18 Å². The fourth-order valence-electron chi connectivity index (χ4n) is 4.04. The van der Waals surface area contributed by atoms with Crippen LogP contribution in [-0.2, 0) is 19.9 Å². The number of unbranched alkanes of at least 4 members (excludes halogenated alkanes) is 13. The standard InChI is InChI=1S/C26H43Cl3O4S/c1-2-3-4-5-6-7-8-9-10-11-12-13-14-18-21-34(31,32)33-23-25(30,22-26(27,28)29)24-19-16-15-17-20-24/h15-17,19-20,30H,2-14,18,21-23H2,1H3. The largest absolute Gasteiger partial charge is 0.383 e. The van der Waals surface area contributed by atoms with E-state index in [1.165, 1.54) is 64.2 Å². The van der Waals surface area contributed by atoms with Crippen LogP contribution < -0.4 is 0 Å². The first-order chi connectivity index (χ1) is 16.1. The number of hydrogen-bond acceptors (Lipinski definition) is 4. The topological polar surface area (TPSA) is 63.6 Å². The Morgan fingerprint density at radius 2 is 1.21 bits per heavy atom. The number of aliphatic hydroxyl groups is 1. The second-order valence-electron chi connectivity index (χ2n) is 9.31. The number of rotatable bonds is 20. The molecule has 0 spiro atoms. The van der Waals surface area contributed by atoms with Gasteiger partial charge in [0.05, 0.1) is 12.4 Å². The third-order valence-electron chi connectivity index (χ3n) is 6.03. The third-order valence-corrected chi connectivity index (χ3v) is 7.70. The van der Waals surface area contributed by atoms with Gasteiger partial charge in [-0.05, 0) is 12.0 Å². The molecule has 0 aliphatic carbocycles. The molecule has 0 amide bonds. The number of alkyl halides is 3. The van der Waals surface area contributed by atoms with Gasteiger partial charge in [-0.25, -0.2) is 0 Å². The molecular weight excluding hydrogens is 515 g/mol. The molecule has 0 saturated carbocycles. The first kappa shape index (κ1) is 32.0. The number of hydrogen-bond donors (Lipinski definition) is 1. The summed E-state index contributed by atoms with van der Waals surface area (Å²) in [5, 5.41) is 11.0. The SMILES string of the molecule is CCCCCCCCCCCCCCCCS(=O)(=O)OCC(O)(CC(Cl)(Cl)Cl)c1ccccc1. The molecule has 1 rings (SSSR count). The van der Waals surface area contributed by atoms with Crippen molar-refractivity contribution in [1.82, 2.24) is 0 Å². The monoisotopic (exact) mass is 556 g/mol. The lowest BCUT2D eigenvalue weighted by molar-refractivity contribution is -0.0141. The van der Waals surface area contributed by atoms with Crippen molar-refractivity contribution in [3.8, 4) is 0 Å². The summed E-state index contributed by atoms with van der Waals surface area (Å²) in [7, 11) is -3.78. The third kappa shape index (κ3) is 15.9. The van der Waals surface area contributed by atoms with Crippen molar-refractivity contribution in [2.45, 2.75) is 113 Å². The quantitative estimate of drug-likeness (QED) is 0.0992. The Hall–Kier alpha value is -0.0400. The summed E-state index contributed by atoms with van der Waals surface area (Å²) in [6, 6.07) is 8.54. The van der Waals surface area contributed by atoms with E-state index in [9.17, 15) is 13.5 Å². The van der Waals surface area contributed by atoms with E-state index in [1.54, 1.807) is 30.3 Å². The van der Waals surface area contributed by atoms with E-state index in [1.807, 2.05) is 0 Å². The van der Waals surface area contributed by atoms with Gasteiger partial charge >= 0.3 is 0 Å². The Kier molecular flexibility index (Phi) is 16.4. The van der Waals surface area contributed by atoms with Crippen LogP contribution in [0.25, 0.3) is 0 Å². The molecule has 1 aromatic carbocycles. The second kappa shape index (κ2) is 17.4. The first-order valence-electron chi connectivity index (χ1n) is 12.8. The highest BCUT2D eigenvalue weighted by molar-refractivity contribution is 7.86. The van der Waals surface area contributed by atoms with Crippen molar-refractivity contribution in [3.05, 3.63) is 35.9 Å². The molecule has 1 atom stereocenters. The Balaban J connectivity index is 2.22. The van der Waals surface area contributed by atoms with E-state index >= 15 is 0 Å². The maximum Gasteiger partial charge on any atom is 0.267 e. The van der Waals surface area contributed by atoms with Gasteiger partial charge in [0.15, 0.2) is 3.79 Å². The van der Waals surface area contributed by atoms with E-state index in [0.717, 1.165) is 19.3 Å². The molecular formula is C26H43Cl3O4S. The average molecular weight is 558 g/mol. The van der Waals surface area contributed by atoms with E-state index in [0.29, 0.717) is 12.0 Å². The summed E-state index contributed by atoms with van der Waals surface area (Å²) in [5.41, 5.74) is -1.29. The van der Waals surface area contributed by atoms with E-state index in [2.05, 4.69) is 6.92 Å². The first-order valence-corrected chi connectivity index (χ1v) is 15.5. The zero-order valence-corrected chi connectivity index (χ0v) is 23.7. The molecule has 0 saturated heterocycles. The predicted octanol–water partition coefficient (Wildman–Crippen LogP) is 8.46. The van der Waals surface area contributed by atoms with Crippen LogP contribution in [-0.4, -0.2) is 29.7 Å². The van der Waals surface area contributed by atoms with Crippen molar-refractivity contribution in [2.24, 2.45) is 0 Å². The van der Waals surface area contributed by atoms with Crippen molar-refractivity contribution in [1.29, 1.82) is 0 Å². The Morgan fingerprint density at radius 3 is 1.65 bits per heavy atom. The predicted molar refractivity (Wildman–Crippen MR) is 145 cm³/mol. The van der Waals surface area contributed by atoms with Gasteiger partial charge in [0.25, 0.3) is 10.1 Å². The van der Waals surface area contributed by atoms with Crippen LogP contribution in [0.3, 0.4) is 0 Å². The van der Waals surface area contributed by atoms with Crippen molar-refractivity contribution >= 4 is 44.9 Å². The molecule has 1 unspecified atom stereocenters. The summed E-state index contributed by atoms with van der Waals surface area (Å²) in [6.07, 6.45) is 16.5. The molecule has 0 radical (unpaired) electrons. The zero-order valence-electron chi connectivity index (χ0n) is 20.6. The van der Waals surface area contributed by atoms with E-state index < -0.39 is 26.1 Å². The Labute approximate surface area is 222 Å². The minimum atomic E-state index is -3.78. The molecule has 0 aromatic heterocycles. The lowest BCUT2D eigenvalue weighted by atomic mass is 9.92. The summed E-state index contributed by atoms with van der Waals surface area (Å²) in [6.45, 7) is 1.75. The minimum Gasteiger partial charge on any atom is -0.383 e. The minimum absolute atomic E-state index is 0.0797. The van der Waals surface area contributed by atoms with Gasteiger partial charge < -0.3 is 5.11 Å². The van der Waals surface area contributed by atoms with Crippen molar-refractivity contribution in [3.63, 3.8) is 0 Å². The van der Waals surface area contributed by atoms with Crippen molar-refractivity contribution < 1.29 is 17.7 Å². The highest BCUT2D eigenvalue weighted by atomic mass is 35.6. The Bertz CT molecular complexity index is 738. The van der Waals surface area contributed by atoms with Gasteiger partial charge in [-0.1, -0.05) is 156 Å². The summed E-state index contributed by atoms with van der Waals surface area (Å²) < 4.78 is 28.1. The lowest BCUT2D eigenvalue weighted by Crippen LogP contribution is -2.37. The van der Waals surface area contributed by atoms with Crippen LogP contribution in [0.15, 0.2) is 30.3 Å². The maximum atomic E-state index is 12.4. The molecule has 8 heteroatoms. The number of halogens is 3. The highest BCUT2D eigenvalue weighted by Gasteiger charge is 2.39. The smallest absolute Gasteiger partial charge is 0.267 e. The highest BCUT2D eigenvalue weighted by Crippen LogP contribution is 2.40. The van der Waals surface area contributed by atoms with Crippen LogP contribution in [0.1, 0.15) is 109 Å². The van der Waals surface area contributed by atoms with Gasteiger partial charge in [-0.15, -0.1) is 0 Å². The molecule has 0 fully saturated rings. The summed E-state index contributed by atoms with van der Waals surface area (Å²) in [4.78, 5) is 0. The normalized spacial score (nSPS) is 14.3. The van der Waals surface area contributed by atoms with E-state index in [4.69, 9.17) is 39.0 Å². The summed E-state index contributed by atoms with van der Waals surface area (Å²) in [5.74, 6) is -0.0797. The molecule has 34 heavy (non-hydrogen) atoms. The van der Waals surface area contributed by atoms with Crippen molar-refractivity contribution in [2.75, 3.05) is 12.4 Å². The molecule has 198 valence electrons. The molecule has 0 aliphatic heterocycles. The van der Waals surface area contributed by atoms with Crippen LogP contribution >= 0.6 is 34.8 Å². The number of benzene rings is 1. The van der Waals surface area contributed by atoms with Gasteiger partial charge in [0.2, 0.25) is 0 Å². The van der Waals surface area contributed by atoms with E-state index in [-0.39, 0.29) is 12.2 Å². The van der Waals surface area contributed by atoms with Gasteiger partial charge in [-0.2, -0.15) is 8.42 Å². The molecule has 0 heterocycles. The summed E-state index contributed by atoms with van der Waals surface area (Å²) >= 11 is 17.7. The molecule has 4 nitrogen and oxygen atoms in total. The fraction of sp³-hybridized carbons (Fsp3) is 0.769. The second-order valence-corrected chi connectivity index (χ2v) is 13.6. The lowest BCUT2D eigenvalue weighted by Gasteiger charge is -2.31. The van der Waals surface area contributed by atoms with Gasteiger partial charge in [0.1, 0.15) is 5.60 Å². The van der Waals surface area contributed by atoms with Crippen LogP contribution in [0.4, 0.5) is 0 Å². The van der Waals surface area contributed by atoms with Crippen LogP contribution in [0.2, 0.25) is 0 Å². The fourth-order valence-corrected chi connectivity index (χ4v) is 5.75. The van der Waals surface area contributed by atoms with Gasteiger partial charge in [0, 0.05) is 6.42 Å². The zero-order chi connectivity index (χ0) is 25.3. The average Bonchev–Trinajstić information content (AvgIpc) is 2.77. The van der Waals surface area contributed by atoms with Crippen LogP contribution in [0, 0.1) is 0 Å².